The second-order valence-electron chi connectivity index (χ2n) is 18.7. The summed E-state index contributed by atoms with van der Waals surface area (Å²) in [5.41, 5.74) is -3.48. The summed E-state index contributed by atoms with van der Waals surface area (Å²) in [6.45, 7) is 20.5. The molecule has 5 fully saturated rings. The molecule has 16 nitrogen and oxygen atoms in total. The van der Waals surface area contributed by atoms with Crippen LogP contribution in [0.4, 0.5) is 0 Å². The first-order chi connectivity index (χ1) is 27.5. The van der Waals surface area contributed by atoms with Gasteiger partial charge in [-0.15, -0.1) is 0 Å². The Labute approximate surface area is 350 Å². The van der Waals surface area contributed by atoms with Gasteiger partial charge in [0.15, 0.2) is 24.5 Å². The van der Waals surface area contributed by atoms with Crippen molar-refractivity contribution >= 4 is 17.9 Å². The van der Waals surface area contributed by atoms with Gasteiger partial charge in [0.1, 0.15) is 17.8 Å². The molecule has 340 valence electrons. The summed E-state index contributed by atoms with van der Waals surface area (Å²) in [6, 6.07) is -0.337. The van der Waals surface area contributed by atoms with E-state index in [2.05, 4.69) is 0 Å². The summed E-state index contributed by atoms with van der Waals surface area (Å²) in [5.74, 6) is -5.37. The topological polar surface area (TPSA) is 187 Å². The van der Waals surface area contributed by atoms with Crippen molar-refractivity contribution in [3.63, 3.8) is 0 Å². The third-order valence-electron chi connectivity index (χ3n) is 14.0. The Balaban J connectivity index is 1.61. The van der Waals surface area contributed by atoms with Crippen LogP contribution in [0.25, 0.3) is 0 Å². The van der Waals surface area contributed by atoms with Crippen LogP contribution in [0.5, 0.6) is 0 Å². The van der Waals surface area contributed by atoms with E-state index in [1.807, 2.05) is 60.5 Å². The van der Waals surface area contributed by atoms with Crippen LogP contribution < -0.4 is 0 Å². The van der Waals surface area contributed by atoms with Gasteiger partial charge in [0, 0.05) is 31.3 Å². The number of hydrogen-bond acceptors (Lipinski definition) is 16. The standard InChI is InChI=1S/C43H73NO15/c1-15-29-42(11)35(47)26(7)43(59-42)22(3)20-41(10,58-43)37(24(5)33(25(6)38(49)54-29)56-32-21-40(9,50-14)36(48)27(8)53-32)57-39-34(28(44(12)13)19-23(4)52-39)55-31(46)18-17-30(45)51-16-2/h22-29,32-37,39,47-48H,15-21H2,1-14H3/t22-,23-,24+,25-,26-,27+,28+,29-,32+,33+,34-,35-,36+,37-,39+,40-,41-,42+,43-/m1/s1. The predicted molar refractivity (Wildman–Crippen MR) is 211 cm³/mol. The Kier molecular flexibility index (Phi) is 15.0. The van der Waals surface area contributed by atoms with Gasteiger partial charge in [-0.05, 0) is 81.8 Å². The number of carbonyl (C=O) groups is 3. The number of likely N-dealkylation sites (N-methyl/N-ethyl adjacent to an activating group) is 1. The fourth-order valence-electron chi connectivity index (χ4n) is 10.6. The number of aliphatic hydroxyl groups is 2. The monoisotopic (exact) mass is 843 g/mol. The molecule has 0 aliphatic carbocycles. The summed E-state index contributed by atoms with van der Waals surface area (Å²) in [6.07, 6.45) is -7.52. The van der Waals surface area contributed by atoms with Crippen LogP contribution in [-0.4, -0.2) is 151 Å². The van der Waals surface area contributed by atoms with Crippen molar-refractivity contribution in [2.24, 2.45) is 23.7 Å². The maximum atomic E-state index is 14.5. The van der Waals surface area contributed by atoms with Crippen molar-refractivity contribution in [1.29, 1.82) is 0 Å². The number of nitrogens with zero attached hydrogens (tertiary/aromatic N) is 1. The van der Waals surface area contributed by atoms with E-state index in [-0.39, 0.29) is 43.9 Å². The summed E-state index contributed by atoms with van der Waals surface area (Å²) >= 11 is 0. The van der Waals surface area contributed by atoms with Crippen molar-refractivity contribution in [3.8, 4) is 0 Å². The van der Waals surface area contributed by atoms with E-state index in [0.29, 0.717) is 19.3 Å². The number of hydrogen-bond donors (Lipinski definition) is 2. The molecule has 5 aliphatic heterocycles. The van der Waals surface area contributed by atoms with Crippen molar-refractivity contribution in [2.75, 3.05) is 27.8 Å². The molecule has 5 rings (SSSR count). The molecule has 1 spiro atoms. The first kappa shape index (κ1) is 48.0. The summed E-state index contributed by atoms with van der Waals surface area (Å²) in [5, 5.41) is 23.0. The fourth-order valence-corrected chi connectivity index (χ4v) is 10.6. The second kappa shape index (κ2) is 18.4. The van der Waals surface area contributed by atoms with E-state index in [9.17, 15) is 24.6 Å². The third kappa shape index (κ3) is 9.24. The maximum Gasteiger partial charge on any atom is 0.311 e. The molecular formula is C43H73NO15. The lowest BCUT2D eigenvalue weighted by molar-refractivity contribution is -0.345. The van der Waals surface area contributed by atoms with E-state index < -0.39 is 114 Å². The van der Waals surface area contributed by atoms with Crippen molar-refractivity contribution in [1.82, 2.24) is 4.90 Å². The maximum absolute atomic E-state index is 14.5. The molecule has 0 aromatic heterocycles. The lowest BCUT2D eigenvalue weighted by Gasteiger charge is -2.49. The molecule has 5 aliphatic rings. The van der Waals surface area contributed by atoms with Gasteiger partial charge in [0.05, 0.1) is 73.1 Å². The Bertz CT molecular complexity index is 1480. The quantitative estimate of drug-likeness (QED) is 0.213. The van der Waals surface area contributed by atoms with E-state index in [1.54, 1.807) is 34.6 Å². The van der Waals surface area contributed by atoms with Gasteiger partial charge in [0.2, 0.25) is 0 Å². The molecular weight excluding hydrogens is 770 g/mol. The van der Waals surface area contributed by atoms with Crippen LogP contribution in [0.2, 0.25) is 0 Å². The van der Waals surface area contributed by atoms with Crippen molar-refractivity contribution in [2.45, 2.75) is 205 Å². The molecule has 16 heteroatoms. The van der Waals surface area contributed by atoms with E-state index >= 15 is 0 Å². The lowest BCUT2D eigenvalue weighted by atomic mass is 9.77. The Morgan fingerprint density at radius 2 is 1.54 bits per heavy atom. The third-order valence-corrected chi connectivity index (χ3v) is 14.0. The largest absolute Gasteiger partial charge is 0.466 e. The first-order valence-corrected chi connectivity index (χ1v) is 21.7. The van der Waals surface area contributed by atoms with Crippen molar-refractivity contribution in [3.05, 3.63) is 0 Å². The number of cyclic esters (lactones) is 1. The lowest BCUT2D eigenvalue weighted by Crippen LogP contribution is -2.61. The van der Waals surface area contributed by atoms with Crippen LogP contribution in [0.1, 0.15) is 115 Å². The number of esters is 3. The average molecular weight is 844 g/mol. The molecule has 0 unspecified atom stereocenters. The number of fused-ring (bicyclic) bond motifs is 2. The van der Waals surface area contributed by atoms with Gasteiger partial charge in [-0.2, -0.15) is 0 Å². The van der Waals surface area contributed by atoms with Gasteiger partial charge in [-0.25, -0.2) is 0 Å². The number of rotatable bonds is 12. The molecule has 59 heavy (non-hydrogen) atoms. The fraction of sp³-hybridized carbons (Fsp3) is 0.930. The van der Waals surface area contributed by atoms with Gasteiger partial charge < -0.3 is 62.5 Å². The normalized spacial score (nSPS) is 47.9. The molecule has 5 saturated heterocycles. The zero-order chi connectivity index (χ0) is 44.0. The van der Waals surface area contributed by atoms with Crippen LogP contribution in [0.15, 0.2) is 0 Å². The van der Waals surface area contributed by atoms with Gasteiger partial charge >= 0.3 is 17.9 Å². The highest BCUT2D eigenvalue weighted by atomic mass is 16.8. The zero-order valence-corrected chi connectivity index (χ0v) is 37.8. The summed E-state index contributed by atoms with van der Waals surface area (Å²) in [7, 11) is 5.31. The molecule has 2 N–H and O–H groups in total. The second-order valence-corrected chi connectivity index (χ2v) is 18.7. The van der Waals surface area contributed by atoms with E-state index in [1.165, 1.54) is 7.11 Å². The highest BCUT2D eigenvalue weighted by Gasteiger charge is 2.71. The molecule has 0 amide bonds. The van der Waals surface area contributed by atoms with Gasteiger partial charge in [-0.1, -0.05) is 27.7 Å². The van der Waals surface area contributed by atoms with Gasteiger partial charge in [-0.3, -0.25) is 14.4 Å². The van der Waals surface area contributed by atoms with E-state index in [0.717, 1.165) is 0 Å². The van der Waals surface area contributed by atoms with Gasteiger partial charge in [0.25, 0.3) is 0 Å². The molecule has 0 radical (unpaired) electrons. The van der Waals surface area contributed by atoms with Crippen LogP contribution in [-0.2, 0) is 61.8 Å². The number of carbonyl (C=O) groups excluding carboxylic acids is 3. The molecule has 5 heterocycles. The Hall–Kier alpha value is -1.99. The number of aliphatic hydroxyl groups excluding tert-OH is 2. The van der Waals surface area contributed by atoms with Crippen LogP contribution >= 0.6 is 0 Å². The van der Waals surface area contributed by atoms with E-state index in [4.69, 9.17) is 47.4 Å². The average Bonchev–Trinajstić information content (AvgIpc) is 3.55. The molecule has 0 aromatic rings. The van der Waals surface area contributed by atoms with Crippen molar-refractivity contribution < 1.29 is 72.0 Å². The highest BCUT2D eigenvalue weighted by molar-refractivity contribution is 5.77. The Morgan fingerprint density at radius 3 is 2.15 bits per heavy atom. The first-order valence-electron chi connectivity index (χ1n) is 21.7. The SMILES string of the molecule is CCOC(=O)CCC(=O)O[C@H]1[C@H](O[C@@H]2[C@@H](C)[C@H](O[C@H]3C[C@@](C)(OC)[C@@H](O)[C@H](C)O3)[C@@H](C)C(=O)O[C@H](CC)[C@]3(C)O[C@@]4(O[C@]2(C)C[C@H]4C)[C@H](C)[C@H]3O)O[C@H](C)C[C@@H]1N(C)C. The highest BCUT2D eigenvalue weighted by Crippen LogP contribution is 2.59. The minimum absolute atomic E-state index is 0.143. The predicted octanol–water partition coefficient (Wildman–Crippen LogP) is 3.88. The minimum atomic E-state index is -1.32. The zero-order valence-electron chi connectivity index (χ0n) is 37.8. The smallest absolute Gasteiger partial charge is 0.311 e. The minimum Gasteiger partial charge on any atom is -0.466 e. The molecule has 3 bridgehead atoms. The molecule has 19 atom stereocenters. The number of ether oxygens (including phenoxy) is 10. The summed E-state index contributed by atoms with van der Waals surface area (Å²) < 4.78 is 64.4. The Morgan fingerprint density at radius 1 is 0.881 bits per heavy atom. The van der Waals surface area contributed by atoms with Crippen LogP contribution in [0, 0.1) is 23.7 Å². The molecule has 0 saturated carbocycles. The molecule has 0 aromatic carbocycles. The number of methoxy groups -OCH3 is 1. The van der Waals surface area contributed by atoms with Crippen LogP contribution in [0.3, 0.4) is 0 Å². The summed E-state index contributed by atoms with van der Waals surface area (Å²) in [4.78, 5) is 42.0.